The van der Waals surface area contributed by atoms with Crippen molar-refractivity contribution >= 4 is 5.97 Å². The average molecular weight is 223 g/mol. The Morgan fingerprint density at radius 2 is 2.19 bits per heavy atom. The largest absolute Gasteiger partial charge is 0.455 e. The summed E-state index contributed by atoms with van der Waals surface area (Å²) in [7, 11) is 0. The molecule has 5 heteroatoms. The second kappa shape index (κ2) is 5.03. The van der Waals surface area contributed by atoms with E-state index in [1.807, 2.05) is 20.8 Å². The molecule has 5 nitrogen and oxygen atoms in total. The second-order valence-electron chi connectivity index (χ2n) is 4.40. The molecular formula is C11H17N3O2. The highest BCUT2D eigenvalue weighted by atomic mass is 16.6. The molecule has 0 saturated carbocycles. The summed E-state index contributed by atoms with van der Waals surface area (Å²) in [5.74, 6) is 0.124. The SMILES string of the molecule is CC(C)(C)OC(=O)c1ccnc(CCN)n1. The number of carbonyl (C=O) groups is 1. The highest BCUT2D eigenvalue weighted by molar-refractivity contribution is 5.87. The molecular weight excluding hydrogens is 206 g/mol. The molecule has 0 aliphatic heterocycles. The summed E-state index contributed by atoms with van der Waals surface area (Å²) in [5, 5.41) is 0. The first-order chi connectivity index (χ1) is 7.42. The van der Waals surface area contributed by atoms with E-state index in [1.165, 1.54) is 12.3 Å². The molecule has 0 fully saturated rings. The summed E-state index contributed by atoms with van der Waals surface area (Å²) >= 11 is 0. The van der Waals surface area contributed by atoms with Gasteiger partial charge in [-0.05, 0) is 33.4 Å². The Balaban J connectivity index is 2.79. The molecule has 0 unspecified atom stereocenters. The maximum Gasteiger partial charge on any atom is 0.357 e. The van der Waals surface area contributed by atoms with Gasteiger partial charge in [-0.15, -0.1) is 0 Å². The summed E-state index contributed by atoms with van der Waals surface area (Å²) in [4.78, 5) is 19.8. The number of nitrogens with two attached hydrogens (primary N) is 1. The van der Waals surface area contributed by atoms with Crippen LogP contribution in [-0.4, -0.2) is 28.1 Å². The van der Waals surface area contributed by atoms with Crippen LogP contribution < -0.4 is 5.73 Å². The van der Waals surface area contributed by atoms with Crippen molar-refractivity contribution < 1.29 is 9.53 Å². The van der Waals surface area contributed by atoms with E-state index >= 15 is 0 Å². The summed E-state index contributed by atoms with van der Waals surface area (Å²) in [6, 6.07) is 1.54. The number of rotatable bonds is 3. The number of hydrogen-bond acceptors (Lipinski definition) is 5. The van der Waals surface area contributed by atoms with Gasteiger partial charge in [-0.25, -0.2) is 14.8 Å². The molecule has 0 amide bonds. The van der Waals surface area contributed by atoms with Crippen molar-refractivity contribution in [2.75, 3.05) is 6.54 Å². The van der Waals surface area contributed by atoms with Crippen LogP contribution in [0.2, 0.25) is 0 Å². The van der Waals surface area contributed by atoms with Crippen molar-refractivity contribution in [1.29, 1.82) is 0 Å². The smallest absolute Gasteiger partial charge is 0.357 e. The molecule has 0 radical (unpaired) electrons. The molecule has 2 N–H and O–H groups in total. The molecule has 1 rings (SSSR count). The summed E-state index contributed by atoms with van der Waals surface area (Å²) in [6.07, 6.45) is 2.09. The van der Waals surface area contributed by atoms with Crippen molar-refractivity contribution in [2.24, 2.45) is 5.73 Å². The van der Waals surface area contributed by atoms with Gasteiger partial charge in [0.25, 0.3) is 0 Å². The van der Waals surface area contributed by atoms with Crippen LogP contribution in [0.25, 0.3) is 0 Å². The van der Waals surface area contributed by atoms with Gasteiger partial charge in [0.15, 0.2) is 5.69 Å². The van der Waals surface area contributed by atoms with Gasteiger partial charge in [0, 0.05) is 12.6 Å². The third-order valence-corrected chi connectivity index (χ3v) is 1.68. The quantitative estimate of drug-likeness (QED) is 0.771. The highest BCUT2D eigenvalue weighted by Gasteiger charge is 2.19. The summed E-state index contributed by atoms with van der Waals surface area (Å²) in [5.41, 5.74) is 5.15. The lowest BCUT2D eigenvalue weighted by Gasteiger charge is -2.19. The first kappa shape index (κ1) is 12.6. The monoisotopic (exact) mass is 223 g/mol. The van der Waals surface area contributed by atoms with Crippen LogP contribution in [0, 0.1) is 0 Å². The van der Waals surface area contributed by atoms with Gasteiger partial charge >= 0.3 is 5.97 Å². The molecule has 0 aliphatic carbocycles. The Kier molecular flexibility index (Phi) is 3.95. The number of carbonyl (C=O) groups excluding carboxylic acids is 1. The molecule has 1 aromatic heterocycles. The zero-order valence-corrected chi connectivity index (χ0v) is 9.86. The van der Waals surface area contributed by atoms with Crippen LogP contribution in [-0.2, 0) is 11.2 Å². The van der Waals surface area contributed by atoms with Crippen LogP contribution in [0.1, 0.15) is 37.1 Å². The molecule has 0 spiro atoms. The van der Waals surface area contributed by atoms with E-state index in [4.69, 9.17) is 10.5 Å². The Morgan fingerprint density at radius 3 is 2.75 bits per heavy atom. The van der Waals surface area contributed by atoms with Gasteiger partial charge in [-0.3, -0.25) is 0 Å². The van der Waals surface area contributed by atoms with Crippen LogP contribution >= 0.6 is 0 Å². The number of hydrogen-bond donors (Lipinski definition) is 1. The van der Waals surface area contributed by atoms with E-state index in [0.29, 0.717) is 18.8 Å². The van der Waals surface area contributed by atoms with Crippen molar-refractivity contribution in [3.8, 4) is 0 Å². The zero-order valence-electron chi connectivity index (χ0n) is 9.86. The minimum Gasteiger partial charge on any atom is -0.455 e. The Labute approximate surface area is 95.0 Å². The first-order valence-corrected chi connectivity index (χ1v) is 5.18. The van der Waals surface area contributed by atoms with Crippen molar-refractivity contribution in [2.45, 2.75) is 32.8 Å². The molecule has 0 bridgehead atoms. The van der Waals surface area contributed by atoms with E-state index in [2.05, 4.69) is 9.97 Å². The van der Waals surface area contributed by atoms with E-state index in [-0.39, 0.29) is 5.69 Å². The molecule has 16 heavy (non-hydrogen) atoms. The molecule has 0 aliphatic rings. The zero-order chi connectivity index (χ0) is 12.2. The van der Waals surface area contributed by atoms with Crippen LogP contribution in [0.3, 0.4) is 0 Å². The van der Waals surface area contributed by atoms with E-state index in [0.717, 1.165) is 0 Å². The Hall–Kier alpha value is -1.49. The molecule has 0 atom stereocenters. The average Bonchev–Trinajstić information content (AvgIpc) is 2.16. The van der Waals surface area contributed by atoms with Crippen LogP contribution in [0.5, 0.6) is 0 Å². The standard InChI is InChI=1S/C11H17N3O2/c1-11(2,3)16-10(15)8-5-7-13-9(14-8)4-6-12/h5,7H,4,6,12H2,1-3H3. The van der Waals surface area contributed by atoms with Gasteiger partial charge < -0.3 is 10.5 Å². The van der Waals surface area contributed by atoms with Gasteiger partial charge in [-0.1, -0.05) is 0 Å². The van der Waals surface area contributed by atoms with Gasteiger partial charge in [0.2, 0.25) is 0 Å². The topological polar surface area (TPSA) is 78.1 Å². The third-order valence-electron chi connectivity index (χ3n) is 1.68. The minimum absolute atomic E-state index is 0.272. The minimum atomic E-state index is -0.518. The van der Waals surface area contributed by atoms with Crippen molar-refractivity contribution in [3.63, 3.8) is 0 Å². The number of nitrogens with zero attached hydrogens (tertiary/aromatic N) is 2. The Bertz CT molecular complexity index is 372. The van der Waals surface area contributed by atoms with Gasteiger partial charge in [0.05, 0.1) is 0 Å². The van der Waals surface area contributed by atoms with Crippen LogP contribution in [0.15, 0.2) is 12.3 Å². The lowest BCUT2D eigenvalue weighted by molar-refractivity contribution is 0.00622. The molecule has 1 aromatic rings. The maximum absolute atomic E-state index is 11.7. The summed E-state index contributed by atoms with van der Waals surface area (Å²) < 4.78 is 5.20. The van der Waals surface area contributed by atoms with E-state index in [1.54, 1.807) is 0 Å². The fourth-order valence-corrected chi connectivity index (χ4v) is 1.09. The first-order valence-electron chi connectivity index (χ1n) is 5.18. The van der Waals surface area contributed by atoms with Gasteiger partial charge in [0.1, 0.15) is 11.4 Å². The third kappa shape index (κ3) is 3.94. The lowest BCUT2D eigenvalue weighted by Crippen LogP contribution is -2.24. The Morgan fingerprint density at radius 1 is 1.50 bits per heavy atom. The second-order valence-corrected chi connectivity index (χ2v) is 4.40. The fraction of sp³-hybridized carbons (Fsp3) is 0.545. The molecule has 88 valence electrons. The van der Waals surface area contributed by atoms with E-state index < -0.39 is 11.6 Å². The normalized spacial score (nSPS) is 11.2. The fourth-order valence-electron chi connectivity index (χ4n) is 1.09. The number of esters is 1. The molecule has 1 heterocycles. The van der Waals surface area contributed by atoms with Crippen LogP contribution in [0.4, 0.5) is 0 Å². The summed E-state index contributed by atoms with van der Waals surface area (Å²) in [6.45, 7) is 5.89. The van der Waals surface area contributed by atoms with Crippen molar-refractivity contribution in [3.05, 3.63) is 23.8 Å². The molecule has 0 aromatic carbocycles. The highest BCUT2D eigenvalue weighted by Crippen LogP contribution is 2.10. The predicted octanol–water partition coefficient (Wildman–Crippen LogP) is 0.933. The van der Waals surface area contributed by atoms with Crippen molar-refractivity contribution in [1.82, 2.24) is 9.97 Å². The molecule has 0 saturated heterocycles. The predicted molar refractivity (Wildman–Crippen MR) is 60.0 cm³/mol. The number of aromatic nitrogens is 2. The maximum atomic E-state index is 11.7. The lowest BCUT2D eigenvalue weighted by atomic mass is 10.2. The van der Waals surface area contributed by atoms with E-state index in [9.17, 15) is 4.79 Å². The van der Waals surface area contributed by atoms with Gasteiger partial charge in [-0.2, -0.15) is 0 Å². The number of ether oxygens (including phenoxy) is 1.